The van der Waals surface area contributed by atoms with Crippen LogP contribution in [0.15, 0.2) is 23.3 Å². The number of hydrogen-bond acceptors (Lipinski definition) is 6. The summed E-state index contributed by atoms with van der Waals surface area (Å²) < 4.78 is 7.70. The molecular formula is C16H24N6O2S. The number of urea groups is 1. The zero-order chi connectivity index (χ0) is 17.8. The number of rotatable bonds is 5. The van der Waals surface area contributed by atoms with E-state index in [0.717, 1.165) is 17.8 Å². The quantitative estimate of drug-likeness (QED) is 0.836. The van der Waals surface area contributed by atoms with E-state index in [0.29, 0.717) is 13.2 Å². The highest BCUT2D eigenvalue weighted by atomic mass is 32.1. The molecule has 1 unspecified atom stereocenters. The zero-order valence-corrected chi connectivity index (χ0v) is 15.5. The molecule has 0 aromatic carbocycles. The number of carbonyl (C=O) groups excluding carboxylic acids is 1. The fourth-order valence-corrected chi connectivity index (χ4v) is 3.69. The SMILES string of the molecule is CC(NC(=O)NC[C@@H]1OCCN(C)[C@H]1c1cnn(C)c1)c1cscn1. The van der Waals surface area contributed by atoms with Crippen molar-refractivity contribution in [3.63, 3.8) is 0 Å². The van der Waals surface area contributed by atoms with Gasteiger partial charge in [0.1, 0.15) is 0 Å². The minimum atomic E-state index is -0.220. The van der Waals surface area contributed by atoms with Crippen molar-refractivity contribution in [2.24, 2.45) is 7.05 Å². The summed E-state index contributed by atoms with van der Waals surface area (Å²) in [4.78, 5) is 18.6. The van der Waals surface area contributed by atoms with E-state index in [1.165, 1.54) is 11.3 Å². The topological polar surface area (TPSA) is 84.3 Å². The molecule has 0 spiro atoms. The lowest BCUT2D eigenvalue weighted by Crippen LogP contribution is -2.49. The molecular weight excluding hydrogens is 340 g/mol. The summed E-state index contributed by atoms with van der Waals surface area (Å²) in [5, 5.41) is 12.0. The Bertz CT molecular complexity index is 689. The van der Waals surface area contributed by atoms with Gasteiger partial charge in [0, 0.05) is 37.3 Å². The maximum absolute atomic E-state index is 12.2. The van der Waals surface area contributed by atoms with Crippen LogP contribution in [0.3, 0.4) is 0 Å². The molecule has 3 atom stereocenters. The first-order valence-corrected chi connectivity index (χ1v) is 9.21. The third kappa shape index (κ3) is 4.36. The molecule has 1 saturated heterocycles. The van der Waals surface area contributed by atoms with Gasteiger partial charge in [-0.2, -0.15) is 5.10 Å². The first kappa shape index (κ1) is 17.8. The number of ether oxygens (including phenoxy) is 1. The summed E-state index contributed by atoms with van der Waals surface area (Å²) in [6.07, 6.45) is 3.73. The molecule has 0 saturated carbocycles. The fourth-order valence-electron chi connectivity index (χ4n) is 3.05. The number of aryl methyl sites for hydroxylation is 1. The number of likely N-dealkylation sites (N-methyl/N-ethyl adjacent to an activating group) is 1. The van der Waals surface area contributed by atoms with Gasteiger partial charge in [-0.15, -0.1) is 11.3 Å². The minimum absolute atomic E-state index is 0.0683. The summed E-state index contributed by atoms with van der Waals surface area (Å²) in [7, 11) is 3.96. The first-order chi connectivity index (χ1) is 12.0. The van der Waals surface area contributed by atoms with Crippen LogP contribution >= 0.6 is 11.3 Å². The molecule has 9 heteroatoms. The average molecular weight is 364 g/mol. The van der Waals surface area contributed by atoms with Crippen LogP contribution in [-0.4, -0.2) is 58.5 Å². The van der Waals surface area contributed by atoms with E-state index in [1.54, 1.807) is 10.2 Å². The summed E-state index contributed by atoms with van der Waals surface area (Å²) in [5.41, 5.74) is 3.71. The van der Waals surface area contributed by atoms with Gasteiger partial charge < -0.3 is 15.4 Å². The van der Waals surface area contributed by atoms with Crippen molar-refractivity contribution in [1.82, 2.24) is 30.3 Å². The van der Waals surface area contributed by atoms with Gasteiger partial charge in [-0.05, 0) is 14.0 Å². The molecule has 0 bridgehead atoms. The van der Waals surface area contributed by atoms with E-state index in [1.807, 2.05) is 31.7 Å². The van der Waals surface area contributed by atoms with E-state index in [9.17, 15) is 4.79 Å². The van der Waals surface area contributed by atoms with E-state index in [4.69, 9.17) is 4.74 Å². The van der Waals surface area contributed by atoms with Crippen molar-refractivity contribution >= 4 is 17.4 Å². The van der Waals surface area contributed by atoms with Crippen LogP contribution in [-0.2, 0) is 11.8 Å². The standard InChI is InChI=1S/C16H24N6O2S/c1-11(13-9-25-10-18-13)20-16(23)17-7-14-15(21(2)4-5-24-14)12-6-19-22(3)8-12/h6,8-11,14-15H,4-5,7H2,1-3H3,(H2,17,20,23)/t11?,14-,15-/m0/s1. The van der Waals surface area contributed by atoms with Crippen LogP contribution in [0, 0.1) is 0 Å². The molecule has 2 amide bonds. The smallest absolute Gasteiger partial charge is 0.315 e. The molecule has 2 aromatic heterocycles. The number of nitrogens with one attached hydrogen (secondary N) is 2. The van der Waals surface area contributed by atoms with Crippen LogP contribution in [0.2, 0.25) is 0 Å². The van der Waals surface area contributed by atoms with Gasteiger partial charge in [-0.3, -0.25) is 9.58 Å². The second-order valence-electron chi connectivity index (χ2n) is 6.27. The Balaban J connectivity index is 1.57. The molecule has 0 aliphatic carbocycles. The van der Waals surface area contributed by atoms with E-state index >= 15 is 0 Å². The molecule has 1 aliphatic rings. The highest BCUT2D eigenvalue weighted by Crippen LogP contribution is 2.27. The van der Waals surface area contributed by atoms with Gasteiger partial charge in [-0.25, -0.2) is 9.78 Å². The highest BCUT2D eigenvalue weighted by molar-refractivity contribution is 7.07. The van der Waals surface area contributed by atoms with Crippen molar-refractivity contribution in [1.29, 1.82) is 0 Å². The molecule has 136 valence electrons. The first-order valence-electron chi connectivity index (χ1n) is 8.27. The normalized spacial score (nSPS) is 22.5. The van der Waals surface area contributed by atoms with Crippen LogP contribution < -0.4 is 10.6 Å². The van der Waals surface area contributed by atoms with Gasteiger partial charge in [-0.1, -0.05) is 0 Å². The molecule has 25 heavy (non-hydrogen) atoms. The molecule has 0 radical (unpaired) electrons. The third-order valence-corrected chi connectivity index (χ3v) is 4.98. The highest BCUT2D eigenvalue weighted by Gasteiger charge is 2.32. The Labute approximate surface area is 151 Å². The van der Waals surface area contributed by atoms with Crippen molar-refractivity contribution in [3.8, 4) is 0 Å². The van der Waals surface area contributed by atoms with Crippen LogP contribution in [0.5, 0.6) is 0 Å². The van der Waals surface area contributed by atoms with E-state index < -0.39 is 0 Å². The lowest BCUT2D eigenvalue weighted by atomic mass is 10.0. The summed E-state index contributed by atoms with van der Waals surface area (Å²) in [6.45, 7) is 3.84. The maximum atomic E-state index is 12.2. The van der Waals surface area contributed by atoms with Crippen molar-refractivity contribution in [2.75, 3.05) is 26.7 Å². The van der Waals surface area contributed by atoms with Crippen LogP contribution in [0.1, 0.15) is 30.3 Å². The predicted molar refractivity (Wildman–Crippen MR) is 95.4 cm³/mol. The zero-order valence-electron chi connectivity index (χ0n) is 14.7. The molecule has 3 rings (SSSR count). The number of hydrogen-bond donors (Lipinski definition) is 2. The number of amides is 2. The van der Waals surface area contributed by atoms with Crippen LogP contribution in [0.4, 0.5) is 4.79 Å². The monoisotopic (exact) mass is 364 g/mol. The van der Waals surface area contributed by atoms with Gasteiger partial charge in [0.25, 0.3) is 0 Å². The Morgan fingerprint density at radius 2 is 2.36 bits per heavy atom. The van der Waals surface area contributed by atoms with Crippen LogP contribution in [0.25, 0.3) is 0 Å². The third-order valence-electron chi connectivity index (χ3n) is 4.38. The molecule has 3 heterocycles. The summed E-state index contributed by atoms with van der Waals surface area (Å²) in [6, 6.07) is -0.281. The lowest BCUT2D eigenvalue weighted by Gasteiger charge is -2.38. The minimum Gasteiger partial charge on any atom is -0.373 e. The largest absolute Gasteiger partial charge is 0.373 e. The second-order valence-corrected chi connectivity index (χ2v) is 6.99. The number of aromatic nitrogens is 3. The Morgan fingerprint density at radius 1 is 1.52 bits per heavy atom. The van der Waals surface area contributed by atoms with Gasteiger partial charge in [0.2, 0.25) is 0 Å². The Morgan fingerprint density at radius 3 is 3.04 bits per heavy atom. The van der Waals surface area contributed by atoms with Gasteiger partial charge in [0.05, 0.1) is 42.2 Å². The van der Waals surface area contributed by atoms with Crippen molar-refractivity contribution < 1.29 is 9.53 Å². The molecule has 2 N–H and O–H groups in total. The fraction of sp³-hybridized carbons (Fsp3) is 0.562. The number of morpholine rings is 1. The molecule has 8 nitrogen and oxygen atoms in total. The second kappa shape index (κ2) is 7.94. The summed E-state index contributed by atoms with van der Waals surface area (Å²) in [5.74, 6) is 0. The number of nitrogens with zero attached hydrogens (tertiary/aromatic N) is 4. The van der Waals surface area contributed by atoms with Crippen molar-refractivity contribution in [2.45, 2.75) is 25.1 Å². The average Bonchev–Trinajstić information content (AvgIpc) is 3.24. The molecule has 1 aliphatic heterocycles. The number of thiazole rings is 1. The molecule has 2 aromatic rings. The summed E-state index contributed by atoms with van der Waals surface area (Å²) >= 11 is 1.51. The van der Waals surface area contributed by atoms with E-state index in [-0.39, 0.29) is 24.2 Å². The van der Waals surface area contributed by atoms with Gasteiger partial charge >= 0.3 is 6.03 Å². The van der Waals surface area contributed by atoms with Gasteiger partial charge in [0.15, 0.2) is 0 Å². The Hall–Kier alpha value is -1.97. The maximum Gasteiger partial charge on any atom is 0.315 e. The predicted octanol–water partition coefficient (Wildman–Crippen LogP) is 1.31. The van der Waals surface area contributed by atoms with Crippen molar-refractivity contribution in [3.05, 3.63) is 34.5 Å². The lowest BCUT2D eigenvalue weighted by molar-refractivity contribution is -0.0602. The van der Waals surface area contributed by atoms with E-state index in [2.05, 4.69) is 32.7 Å². The molecule has 1 fully saturated rings. The number of carbonyl (C=O) groups is 1. The Kier molecular flexibility index (Phi) is 5.67.